The first-order chi connectivity index (χ1) is 16.2. The smallest absolute Gasteiger partial charge is 0.252 e. The number of H-pyrrole nitrogens is 1. The molecule has 0 bridgehead atoms. The number of aromatic nitrogens is 1. The number of aromatic amines is 1. The zero-order valence-electron chi connectivity index (χ0n) is 20.6. The van der Waals surface area contributed by atoms with Crippen LogP contribution in [0, 0.1) is 0 Å². The number of aromatic hydroxyl groups is 1. The fraction of sp³-hybridized carbons (Fsp3) is 0.300. The molecule has 176 valence electrons. The summed E-state index contributed by atoms with van der Waals surface area (Å²) in [5, 5.41) is 10.7. The third kappa shape index (κ3) is 5.75. The molecule has 4 heteroatoms. The van der Waals surface area contributed by atoms with Crippen LogP contribution in [0.5, 0.6) is 5.75 Å². The van der Waals surface area contributed by atoms with E-state index in [1.807, 2.05) is 24.3 Å². The van der Waals surface area contributed by atoms with Gasteiger partial charge < -0.3 is 10.1 Å². The molecule has 0 aliphatic heterocycles. The number of rotatable bonds is 7. The second-order valence-corrected chi connectivity index (χ2v) is 10.2. The van der Waals surface area contributed by atoms with Crippen molar-refractivity contribution in [1.82, 2.24) is 9.88 Å². The van der Waals surface area contributed by atoms with Gasteiger partial charge in [0.25, 0.3) is 5.56 Å². The maximum atomic E-state index is 12.9. The summed E-state index contributed by atoms with van der Waals surface area (Å²) < 4.78 is 0. The predicted octanol–water partition coefficient (Wildman–Crippen LogP) is 6.30. The largest absolute Gasteiger partial charge is 0.508 e. The number of hydrogen-bond acceptors (Lipinski definition) is 3. The molecule has 3 aromatic carbocycles. The molecule has 1 heterocycles. The lowest BCUT2D eigenvalue weighted by Crippen LogP contribution is -2.26. The quantitative estimate of drug-likeness (QED) is 0.345. The number of phenols is 1. The van der Waals surface area contributed by atoms with Crippen LogP contribution in [0.15, 0.2) is 77.6 Å². The number of phenolic OH excluding ortho intramolecular Hbond substituents is 1. The lowest BCUT2D eigenvalue weighted by atomic mass is 9.87. The SMILES string of the molecule is CCc1ccc2[nH]c(=O)c(CN(Cc3ccc(O)cc3)Cc3ccc(C(C)(C)C)cc3)cc2c1. The molecule has 0 fully saturated rings. The molecule has 2 N–H and O–H groups in total. The molecule has 0 saturated heterocycles. The van der Waals surface area contributed by atoms with Crippen LogP contribution in [-0.4, -0.2) is 15.0 Å². The van der Waals surface area contributed by atoms with Crippen LogP contribution in [0.1, 0.15) is 55.5 Å². The lowest BCUT2D eigenvalue weighted by molar-refractivity contribution is 0.246. The number of pyridine rings is 1. The molecule has 0 unspecified atom stereocenters. The van der Waals surface area contributed by atoms with Gasteiger partial charge in [0.2, 0.25) is 0 Å². The van der Waals surface area contributed by atoms with Crippen LogP contribution in [0.4, 0.5) is 0 Å². The predicted molar refractivity (Wildman–Crippen MR) is 140 cm³/mol. The molecule has 34 heavy (non-hydrogen) atoms. The fourth-order valence-electron chi connectivity index (χ4n) is 4.28. The molecular formula is C30H34N2O2. The van der Waals surface area contributed by atoms with E-state index >= 15 is 0 Å². The van der Waals surface area contributed by atoms with Gasteiger partial charge in [-0.15, -0.1) is 0 Å². The number of nitrogens with zero attached hydrogens (tertiary/aromatic N) is 1. The summed E-state index contributed by atoms with van der Waals surface area (Å²) in [7, 11) is 0. The van der Waals surface area contributed by atoms with Crippen LogP contribution >= 0.6 is 0 Å². The van der Waals surface area contributed by atoms with Crippen molar-refractivity contribution in [2.24, 2.45) is 0 Å². The monoisotopic (exact) mass is 454 g/mol. The van der Waals surface area contributed by atoms with Gasteiger partial charge in [0.1, 0.15) is 5.75 Å². The van der Waals surface area contributed by atoms with Gasteiger partial charge in [-0.2, -0.15) is 0 Å². The van der Waals surface area contributed by atoms with Gasteiger partial charge in [0, 0.05) is 30.7 Å². The Morgan fingerprint density at radius 3 is 1.97 bits per heavy atom. The zero-order chi connectivity index (χ0) is 24.3. The van der Waals surface area contributed by atoms with E-state index in [1.54, 1.807) is 12.1 Å². The number of nitrogens with one attached hydrogen (secondary N) is 1. The van der Waals surface area contributed by atoms with Crippen LogP contribution in [0.3, 0.4) is 0 Å². The topological polar surface area (TPSA) is 56.3 Å². The highest BCUT2D eigenvalue weighted by atomic mass is 16.3. The molecule has 0 saturated carbocycles. The second kappa shape index (κ2) is 9.86. The minimum Gasteiger partial charge on any atom is -0.508 e. The summed E-state index contributed by atoms with van der Waals surface area (Å²) in [6.07, 6.45) is 0.960. The van der Waals surface area contributed by atoms with E-state index in [0.717, 1.165) is 35.0 Å². The Hall–Kier alpha value is -3.37. The number of aryl methyl sites for hydroxylation is 1. The average molecular weight is 455 g/mol. The van der Waals surface area contributed by atoms with Gasteiger partial charge in [-0.1, -0.05) is 70.2 Å². The molecule has 4 rings (SSSR count). The van der Waals surface area contributed by atoms with Gasteiger partial charge >= 0.3 is 0 Å². The van der Waals surface area contributed by atoms with Crippen LogP contribution in [0.2, 0.25) is 0 Å². The Morgan fingerprint density at radius 2 is 1.38 bits per heavy atom. The maximum absolute atomic E-state index is 12.9. The minimum absolute atomic E-state index is 0.0458. The molecular weight excluding hydrogens is 420 g/mol. The van der Waals surface area contributed by atoms with E-state index in [4.69, 9.17) is 0 Å². The van der Waals surface area contributed by atoms with Crippen molar-refractivity contribution < 1.29 is 5.11 Å². The molecule has 4 nitrogen and oxygen atoms in total. The highest BCUT2D eigenvalue weighted by Gasteiger charge is 2.15. The molecule has 0 spiro atoms. The molecule has 4 aromatic rings. The van der Waals surface area contributed by atoms with E-state index in [2.05, 4.69) is 74.0 Å². The number of benzene rings is 3. The first-order valence-corrected chi connectivity index (χ1v) is 12.0. The van der Waals surface area contributed by atoms with Gasteiger partial charge in [-0.25, -0.2) is 0 Å². The van der Waals surface area contributed by atoms with Crippen molar-refractivity contribution in [3.8, 4) is 5.75 Å². The number of fused-ring (bicyclic) bond motifs is 1. The molecule has 1 aromatic heterocycles. The normalized spacial score (nSPS) is 11.9. The minimum atomic E-state index is -0.0458. The van der Waals surface area contributed by atoms with Gasteiger partial charge in [0.05, 0.1) is 0 Å². The van der Waals surface area contributed by atoms with Gasteiger partial charge in [0.15, 0.2) is 0 Å². The Bertz CT molecular complexity index is 1310. The zero-order valence-corrected chi connectivity index (χ0v) is 20.6. The Morgan fingerprint density at radius 1 is 0.794 bits per heavy atom. The first kappa shape index (κ1) is 23.8. The lowest BCUT2D eigenvalue weighted by Gasteiger charge is -2.24. The van der Waals surface area contributed by atoms with Crippen molar-refractivity contribution in [3.63, 3.8) is 0 Å². The summed E-state index contributed by atoms with van der Waals surface area (Å²) in [4.78, 5) is 18.2. The molecule has 0 aliphatic carbocycles. The fourth-order valence-corrected chi connectivity index (χ4v) is 4.28. The van der Waals surface area contributed by atoms with E-state index in [-0.39, 0.29) is 16.7 Å². The van der Waals surface area contributed by atoms with Crippen molar-refractivity contribution >= 4 is 10.9 Å². The van der Waals surface area contributed by atoms with Crippen LogP contribution in [-0.2, 0) is 31.5 Å². The maximum Gasteiger partial charge on any atom is 0.252 e. The summed E-state index contributed by atoms with van der Waals surface area (Å²) in [5.41, 5.74) is 6.55. The summed E-state index contributed by atoms with van der Waals surface area (Å²) in [6, 6.07) is 24.3. The van der Waals surface area contributed by atoms with E-state index in [1.165, 1.54) is 16.7 Å². The van der Waals surface area contributed by atoms with Crippen molar-refractivity contribution in [2.75, 3.05) is 0 Å². The van der Waals surface area contributed by atoms with Gasteiger partial charge in [-0.3, -0.25) is 9.69 Å². The second-order valence-electron chi connectivity index (χ2n) is 10.2. The van der Waals surface area contributed by atoms with E-state index in [0.29, 0.717) is 13.1 Å². The molecule has 0 radical (unpaired) electrons. The summed E-state index contributed by atoms with van der Waals surface area (Å²) in [6.45, 7) is 10.7. The average Bonchev–Trinajstić information content (AvgIpc) is 2.80. The van der Waals surface area contributed by atoms with E-state index in [9.17, 15) is 9.90 Å². The van der Waals surface area contributed by atoms with Gasteiger partial charge in [-0.05, 0) is 69.8 Å². The van der Waals surface area contributed by atoms with E-state index < -0.39 is 0 Å². The summed E-state index contributed by atoms with van der Waals surface area (Å²) in [5.74, 6) is 0.255. The standard InChI is InChI=1S/C30H34N2O2/c1-5-21-10-15-28-24(16-21)17-25(29(34)31-28)20-32(19-23-8-13-27(33)14-9-23)18-22-6-11-26(12-7-22)30(2,3)4/h6-17,33H,5,18-20H2,1-4H3,(H,31,34). The van der Waals surface area contributed by atoms with Crippen LogP contribution < -0.4 is 5.56 Å². The van der Waals surface area contributed by atoms with Crippen molar-refractivity contribution in [1.29, 1.82) is 0 Å². The Labute approximate surface area is 201 Å². The third-order valence-electron chi connectivity index (χ3n) is 6.36. The Balaban J connectivity index is 1.64. The molecule has 0 aliphatic rings. The van der Waals surface area contributed by atoms with Crippen LogP contribution in [0.25, 0.3) is 10.9 Å². The third-order valence-corrected chi connectivity index (χ3v) is 6.36. The van der Waals surface area contributed by atoms with Crippen molar-refractivity contribution in [3.05, 3.63) is 111 Å². The number of hydrogen-bond donors (Lipinski definition) is 2. The van der Waals surface area contributed by atoms with Crippen molar-refractivity contribution in [2.45, 2.75) is 59.2 Å². The highest BCUT2D eigenvalue weighted by Crippen LogP contribution is 2.23. The molecule has 0 amide bonds. The Kier molecular flexibility index (Phi) is 6.90. The first-order valence-electron chi connectivity index (χ1n) is 12.0. The highest BCUT2D eigenvalue weighted by molar-refractivity contribution is 5.79. The summed E-state index contributed by atoms with van der Waals surface area (Å²) >= 11 is 0. The molecule has 0 atom stereocenters.